The van der Waals surface area contributed by atoms with Crippen LogP contribution < -0.4 is 52.1 Å². The molecule has 4 aliphatic heterocycles. The number of ether oxygens (including phenoxy) is 11. The molecule has 4 aromatic rings. The van der Waals surface area contributed by atoms with E-state index in [2.05, 4.69) is 37.9 Å². The van der Waals surface area contributed by atoms with Gasteiger partial charge in [-0.05, 0) is 98.8 Å². The molecule has 298 valence electrons. The number of alkyl halides is 8. The smallest absolute Gasteiger partial charge is 0.496 e. The van der Waals surface area contributed by atoms with Crippen LogP contribution in [0.1, 0.15) is 27.8 Å². The molecule has 0 saturated carbocycles. The molecule has 19 heteroatoms. The third-order valence-electron chi connectivity index (χ3n) is 7.70. The van der Waals surface area contributed by atoms with Gasteiger partial charge in [-0.15, -0.1) is 35.1 Å². The Hall–Kier alpha value is -5.88. The van der Waals surface area contributed by atoms with Crippen molar-refractivity contribution in [1.29, 1.82) is 0 Å². The van der Waals surface area contributed by atoms with Crippen molar-refractivity contribution in [3.05, 3.63) is 76.3 Å². The predicted molar refractivity (Wildman–Crippen MR) is 174 cm³/mol. The molecule has 0 amide bonds. The Labute approximate surface area is 308 Å². The van der Waals surface area contributed by atoms with E-state index in [-0.39, 0.29) is 57.5 Å². The van der Waals surface area contributed by atoms with Crippen LogP contribution in [0.15, 0.2) is 48.5 Å². The largest absolute Gasteiger partial charge is 0.586 e. The molecule has 0 unspecified atom stereocenters. The molecule has 0 spiro atoms. The zero-order chi connectivity index (χ0) is 40.7. The van der Waals surface area contributed by atoms with E-state index in [9.17, 15) is 35.1 Å². The first-order valence-electron chi connectivity index (χ1n) is 15.7. The fourth-order valence-electron chi connectivity index (χ4n) is 5.14. The maximum atomic E-state index is 12.7. The standard InChI is InChI=1S/3C9H8F2O3.C9H8F2O2/c1-5-3-7-8(4-6(5)12-2)14-9(10,11)13-7;1-5-3-6(12-2)8-7(4-5)13-9(10,11)14-8;1-5-3-4-6-8(7(5)12-2)14-9(10,11)13-6;1-5-3-7-8(4-6(5)2)13-9(10,11)12-7/h3*3-4H,1-2H3;3-4H,1-2H3. The molecule has 4 heterocycles. The molecule has 0 aromatic heterocycles. The summed E-state index contributed by atoms with van der Waals surface area (Å²) in [6.07, 6.45) is -14.3. The fraction of sp³-hybridized carbons (Fsp3) is 0.333. The molecule has 0 aliphatic carbocycles. The summed E-state index contributed by atoms with van der Waals surface area (Å²) in [4.78, 5) is 0. The van der Waals surface area contributed by atoms with Crippen LogP contribution in [0.5, 0.6) is 63.2 Å². The van der Waals surface area contributed by atoms with Crippen molar-refractivity contribution in [2.75, 3.05) is 21.3 Å². The maximum absolute atomic E-state index is 12.7. The second-order valence-corrected chi connectivity index (χ2v) is 11.9. The SMILES string of the molecule is COc1c(C)ccc2c1OC(F)(F)O2.COc1cc(C)cc2c1OC(F)(F)O2.COc1cc2c(cc1C)OC(F)(F)O2.Cc1cc2c(cc1C)OC(F)(F)O2. The molecule has 0 saturated heterocycles. The summed E-state index contributed by atoms with van der Waals surface area (Å²) in [6, 6.07) is 12.1. The Kier molecular flexibility index (Phi) is 10.8. The van der Waals surface area contributed by atoms with Crippen LogP contribution in [-0.2, 0) is 0 Å². The highest BCUT2D eigenvalue weighted by Gasteiger charge is 2.47. The lowest BCUT2D eigenvalue weighted by Gasteiger charge is -2.07. The first-order chi connectivity index (χ1) is 25.5. The van der Waals surface area contributed by atoms with E-state index in [1.807, 2.05) is 13.8 Å². The van der Waals surface area contributed by atoms with Crippen LogP contribution in [0.25, 0.3) is 0 Å². The zero-order valence-electron chi connectivity index (χ0n) is 30.1. The highest BCUT2D eigenvalue weighted by molar-refractivity contribution is 5.57. The number of methoxy groups -OCH3 is 3. The van der Waals surface area contributed by atoms with Gasteiger partial charge < -0.3 is 52.1 Å². The summed E-state index contributed by atoms with van der Waals surface area (Å²) < 4.78 is 150. The molecular weight excluding hydrogens is 760 g/mol. The van der Waals surface area contributed by atoms with Gasteiger partial charge >= 0.3 is 25.2 Å². The van der Waals surface area contributed by atoms with Gasteiger partial charge in [-0.25, -0.2) is 0 Å². The second-order valence-electron chi connectivity index (χ2n) is 11.9. The van der Waals surface area contributed by atoms with Crippen molar-refractivity contribution in [2.45, 2.75) is 59.8 Å². The minimum atomic E-state index is -3.59. The van der Waals surface area contributed by atoms with Crippen molar-refractivity contribution in [1.82, 2.24) is 0 Å². The summed E-state index contributed by atoms with van der Waals surface area (Å²) >= 11 is 0. The minimum absolute atomic E-state index is 0.00236. The van der Waals surface area contributed by atoms with Gasteiger partial charge in [0.2, 0.25) is 11.5 Å². The van der Waals surface area contributed by atoms with Gasteiger partial charge in [0.15, 0.2) is 46.0 Å². The van der Waals surface area contributed by atoms with Crippen LogP contribution in [-0.4, -0.2) is 46.5 Å². The Morgan fingerprint density at radius 2 is 0.800 bits per heavy atom. The number of halogens is 8. The monoisotopic (exact) mass is 792 g/mol. The first-order valence-corrected chi connectivity index (χ1v) is 15.7. The number of hydrogen-bond donors (Lipinski definition) is 0. The van der Waals surface area contributed by atoms with E-state index >= 15 is 0 Å². The number of fused-ring (bicyclic) bond motifs is 4. The minimum Gasteiger partial charge on any atom is -0.496 e. The van der Waals surface area contributed by atoms with E-state index < -0.39 is 25.2 Å². The Balaban J connectivity index is 0.000000141. The molecule has 11 nitrogen and oxygen atoms in total. The van der Waals surface area contributed by atoms with Gasteiger partial charge in [0.05, 0.1) is 21.3 Å². The van der Waals surface area contributed by atoms with Crippen molar-refractivity contribution in [3.8, 4) is 63.2 Å². The molecule has 8 rings (SSSR count). The molecule has 0 N–H and O–H groups in total. The highest BCUT2D eigenvalue weighted by atomic mass is 19.3. The quantitative estimate of drug-likeness (QED) is 0.186. The van der Waals surface area contributed by atoms with Crippen molar-refractivity contribution in [3.63, 3.8) is 0 Å². The lowest BCUT2D eigenvalue weighted by Crippen LogP contribution is -2.26. The zero-order valence-corrected chi connectivity index (χ0v) is 30.1. The summed E-state index contributed by atoms with van der Waals surface area (Å²) in [7, 11) is 4.24. The highest BCUT2D eigenvalue weighted by Crippen LogP contribution is 2.49. The summed E-state index contributed by atoms with van der Waals surface area (Å²) in [5.41, 5.74) is 4.00. The van der Waals surface area contributed by atoms with Gasteiger partial charge in [-0.2, -0.15) is 0 Å². The van der Waals surface area contributed by atoms with Crippen LogP contribution in [0.3, 0.4) is 0 Å². The topological polar surface area (TPSA) is 102 Å². The molecule has 0 bridgehead atoms. The van der Waals surface area contributed by atoms with E-state index in [0.29, 0.717) is 16.9 Å². The summed E-state index contributed by atoms with van der Waals surface area (Å²) in [6.45, 7) is 8.88. The molecule has 4 aliphatic rings. The van der Waals surface area contributed by atoms with Gasteiger partial charge in [-0.1, -0.05) is 6.07 Å². The van der Waals surface area contributed by atoms with Gasteiger partial charge in [0, 0.05) is 6.07 Å². The number of rotatable bonds is 3. The lowest BCUT2D eigenvalue weighted by molar-refractivity contribution is -0.287. The van der Waals surface area contributed by atoms with E-state index in [1.54, 1.807) is 45.0 Å². The molecule has 0 atom stereocenters. The van der Waals surface area contributed by atoms with Crippen molar-refractivity contribution >= 4 is 0 Å². The normalized spacial score (nSPS) is 17.0. The van der Waals surface area contributed by atoms with E-state index in [1.165, 1.54) is 45.6 Å². The number of hydrogen-bond acceptors (Lipinski definition) is 11. The average molecular weight is 793 g/mol. The van der Waals surface area contributed by atoms with Gasteiger partial charge in [0.1, 0.15) is 5.75 Å². The number of aryl methyl sites for hydroxylation is 5. The molecular formula is C36H32F8O11. The van der Waals surface area contributed by atoms with Crippen LogP contribution in [0, 0.1) is 34.6 Å². The third kappa shape index (κ3) is 9.26. The van der Waals surface area contributed by atoms with E-state index in [4.69, 9.17) is 14.2 Å². The average Bonchev–Trinajstić information content (AvgIpc) is 3.76. The second kappa shape index (κ2) is 14.7. The van der Waals surface area contributed by atoms with Crippen LogP contribution in [0.2, 0.25) is 0 Å². The van der Waals surface area contributed by atoms with Crippen LogP contribution in [0.4, 0.5) is 35.1 Å². The maximum Gasteiger partial charge on any atom is 0.586 e. The third-order valence-corrected chi connectivity index (χ3v) is 7.70. The number of benzene rings is 4. The summed E-state index contributed by atoms with van der Waals surface area (Å²) in [5.74, 6) is 1.17. The molecule has 4 aromatic carbocycles. The van der Waals surface area contributed by atoms with Crippen molar-refractivity contribution in [2.24, 2.45) is 0 Å². The Bertz CT molecular complexity index is 2040. The van der Waals surface area contributed by atoms with Gasteiger partial charge in [-0.3, -0.25) is 0 Å². The van der Waals surface area contributed by atoms with Crippen LogP contribution >= 0.6 is 0 Å². The molecule has 0 radical (unpaired) electrons. The van der Waals surface area contributed by atoms with Crippen molar-refractivity contribution < 1.29 is 87.2 Å². The predicted octanol–water partition coefficient (Wildman–Crippen LogP) is 9.60. The molecule has 55 heavy (non-hydrogen) atoms. The summed E-state index contributed by atoms with van der Waals surface area (Å²) in [5, 5.41) is 0. The van der Waals surface area contributed by atoms with Gasteiger partial charge in [0.25, 0.3) is 0 Å². The Morgan fingerprint density at radius 3 is 1.29 bits per heavy atom. The van der Waals surface area contributed by atoms with E-state index in [0.717, 1.165) is 16.7 Å². The molecule has 0 fully saturated rings. The Morgan fingerprint density at radius 1 is 0.382 bits per heavy atom. The lowest BCUT2D eigenvalue weighted by atomic mass is 10.1. The fourth-order valence-corrected chi connectivity index (χ4v) is 5.14. The first kappa shape index (κ1) is 40.3.